The number of carbonyl (C=O) groups is 3. The summed E-state index contributed by atoms with van der Waals surface area (Å²) < 4.78 is 11.0. The van der Waals surface area contributed by atoms with E-state index in [0.717, 1.165) is 0 Å². The van der Waals surface area contributed by atoms with Crippen molar-refractivity contribution in [2.75, 3.05) is 14.2 Å². The number of hydrogen-bond acceptors (Lipinski definition) is 6. The molecular formula is C34H29N3O5. The van der Waals surface area contributed by atoms with Gasteiger partial charge < -0.3 is 20.1 Å². The van der Waals surface area contributed by atoms with Crippen LogP contribution in [0.15, 0.2) is 103 Å². The minimum Gasteiger partial charge on any atom is -0.493 e. The largest absolute Gasteiger partial charge is 0.493 e. The van der Waals surface area contributed by atoms with Crippen LogP contribution in [-0.4, -0.2) is 42.8 Å². The molecule has 8 heteroatoms. The lowest BCUT2D eigenvalue weighted by atomic mass is 9.76. The summed E-state index contributed by atoms with van der Waals surface area (Å²) in [5.74, 6) is -2.31. The molecule has 8 nitrogen and oxygen atoms in total. The van der Waals surface area contributed by atoms with E-state index in [4.69, 9.17) is 15.2 Å². The van der Waals surface area contributed by atoms with Gasteiger partial charge in [-0.1, -0.05) is 66.7 Å². The van der Waals surface area contributed by atoms with Crippen LogP contribution in [0, 0.1) is 17.2 Å². The molecular weight excluding hydrogens is 530 g/mol. The van der Waals surface area contributed by atoms with Crippen LogP contribution in [0.4, 0.5) is 0 Å². The van der Waals surface area contributed by atoms with E-state index < -0.39 is 35.7 Å². The van der Waals surface area contributed by atoms with Crippen molar-refractivity contribution in [2.24, 2.45) is 11.7 Å². The average Bonchev–Trinajstić information content (AvgIpc) is 3.41. The summed E-state index contributed by atoms with van der Waals surface area (Å²) in [7, 11) is 3.02. The van der Waals surface area contributed by atoms with Crippen LogP contribution in [-0.2, 0) is 4.79 Å². The second kappa shape index (κ2) is 12.0. The van der Waals surface area contributed by atoms with Crippen molar-refractivity contribution in [3.63, 3.8) is 0 Å². The third-order valence-electron chi connectivity index (χ3n) is 7.75. The number of ether oxygens (including phenoxy) is 2. The molecule has 2 amide bonds. The molecule has 42 heavy (non-hydrogen) atoms. The Bertz CT molecular complexity index is 1650. The number of hydrogen-bond donors (Lipinski definition) is 1. The Hall–Kier alpha value is -5.42. The molecule has 5 rings (SSSR count). The van der Waals surface area contributed by atoms with Crippen LogP contribution < -0.4 is 15.2 Å². The minimum atomic E-state index is -1.17. The molecule has 1 heterocycles. The van der Waals surface area contributed by atoms with Gasteiger partial charge in [0.25, 0.3) is 5.91 Å². The maximum absolute atomic E-state index is 14.5. The van der Waals surface area contributed by atoms with E-state index in [1.54, 1.807) is 72.8 Å². The summed E-state index contributed by atoms with van der Waals surface area (Å²) in [6.07, 6.45) is 0. The molecule has 1 aliphatic rings. The van der Waals surface area contributed by atoms with Gasteiger partial charge in [-0.25, -0.2) is 0 Å². The normalized spacial score (nSPS) is 19.5. The van der Waals surface area contributed by atoms with Crippen LogP contribution in [0.1, 0.15) is 49.4 Å². The van der Waals surface area contributed by atoms with Gasteiger partial charge in [-0.3, -0.25) is 14.4 Å². The number of ketones is 1. The number of rotatable bonds is 8. The fourth-order valence-corrected chi connectivity index (χ4v) is 5.88. The number of nitrogens with two attached hydrogens (primary N) is 1. The molecule has 0 aliphatic carbocycles. The van der Waals surface area contributed by atoms with Crippen molar-refractivity contribution < 1.29 is 23.9 Å². The smallest absolute Gasteiger partial charge is 0.255 e. The second-order valence-electron chi connectivity index (χ2n) is 10.0. The van der Waals surface area contributed by atoms with Gasteiger partial charge in [0.2, 0.25) is 5.91 Å². The number of carbonyl (C=O) groups excluding carboxylic acids is 3. The van der Waals surface area contributed by atoms with Crippen LogP contribution in [0.5, 0.6) is 11.5 Å². The lowest BCUT2D eigenvalue weighted by molar-refractivity contribution is -0.122. The molecule has 1 fully saturated rings. The zero-order valence-corrected chi connectivity index (χ0v) is 23.1. The molecule has 0 saturated carbocycles. The lowest BCUT2D eigenvalue weighted by Crippen LogP contribution is -2.46. The van der Waals surface area contributed by atoms with E-state index >= 15 is 0 Å². The molecule has 4 aromatic carbocycles. The first-order valence-corrected chi connectivity index (χ1v) is 13.4. The van der Waals surface area contributed by atoms with Crippen molar-refractivity contribution >= 4 is 17.6 Å². The summed E-state index contributed by atoms with van der Waals surface area (Å²) >= 11 is 0. The number of likely N-dealkylation sites (tertiary alicyclic amines) is 1. The van der Waals surface area contributed by atoms with Gasteiger partial charge in [-0.15, -0.1) is 0 Å². The molecule has 1 aliphatic heterocycles. The number of amides is 2. The van der Waals surface area contributed by atoms with Crippen LogP contribution in [0.3, 0.4) is 0 Å². The van der Waals surface area contributed by atoms with E-state index in [-0.39, 0.29) is 5.78 Å². The number of methoxy groups -OCH3 is 2. The molecule has 1 saturated heterocycles. The molecule has 4 aromatic rings. The molecule has 0 bridgehead atoms. The van der Waals surface area contributed by atoms with Gasteiger partial charge in [0, 0.05) is 17.0 Å². The molecule has 0 radical (unpaired) electrons. The molecule has 0 spiro atoms. The summed E-state index contributed by atoms with van der Waals surface area (Å²) in [6, 6.07) is 29.4. The number of benzene rings is 4. The predicted molar refractivity (Wildman–Crippen MR) is 156 cm³/mol. The van der Waals surface area contributed by atoms with Crippen LogP contribution in [0.25, 0.3) is 0 Å². The first-order chi connectivity index (χ1) is 20.4. The number of nitriles is 1. The third kappa shape index (κ3) is 5.08. The summed E-state index contributed by atoms with van der Waals surface area (Å²) in [4.78, 5) is 43.7. The average molecular weight is 560 g/mol. The highest BCUT2D eigenvalue weighted by atomic mass is 16.5. The Balaban J connectivity index is 1.78. The maximum Gasteiger partial charge on any atom is 0.255 e. The zero-order chi connectivity index (χ0) is 29.8. The van der Waals surface area contributed by atoms with Crippen molar-refractivity contribution in [1.29, 1.82) is 5.26 Å². The van der Waals surface area contributed by atoms with E-state index in [0.29, 0.717) is 39.3 Å². The highest BCUT2D eigenvalue weighted by Crippen LogP contribution is 2.52. The fraction of sp³-hybridized carbons (Fsp3) is 0.176. The first-order valence-electron chi connectivity index (χ1n) is 13.4. The Morgan fingerprint density at radius 1 is 0.762 bits per heavy atom. The maximum atomic E-state index is 14.5. The van der Waals surface area contributed by atoms with Gasteiger partial charge in [0.05, 0.1) is 37.8 Å². The summed E-state index contributed by atoms with van der Waals surface area (Å²) in [6.45, 7) is 0. The van der Waals surface area contributed by atoms with Crippen molar-refractivity contribution in [3.05, 3.63) is 131 Å². The first kappa shape index (κ1) is 28.1. The lowest BCUT2D eigenvalue weighted by Gasteiger charge is -2.31. The van der Waals surface area contributed by atoms with E-state index in [2.05, 4.69) is 6.07 Å². The SMILES string of the molecule is COc1ccc(C2C(C(=O)c3ccc(C#N)cc3)C(c3ccccc3)N(C(=O)c3ccccc3)C2C(N)=O)cc1OC. The predicted octanol–water partition coefficient (Wildman–Crippen LogP) is 4.91. The number of Topliss-reactive ketones (excluding diaryl/α,β-unsaturated/α-hetero) is 1. The van der Waals surface area contributed by atoms with Crippen LogP contribution >= 0.6 is 0 Å². The third-order valence-corrected chi connectivity index (χ3v) is 7.75. The highest BCUT2D eigenvalue weighted by Gasteiger charge is 2.57. The second-order valence-corrected chi connectivity index (χ2v) is 10.0. The van der Waals surface area contributed by atoms with Crippen molar-refractivity contribution in [2.45, 2.75) is 18.0 Å². The zero-order valence-electron chi connectivity index (χ0n) is 23.1. The number of nitrogens with zero attached hydrogens (tertiary/aromatic N) is 2. The van der Waals surface area contributed by atoms with Crippen molar-refractivity contribution in [3.8, 4) is 17.6 Å². The van der Waals surface area contributed by atoms with Gasteiger partial charge >= 0.3 is 0 Å². The Morgan fingerprint density at radius 2 is 1.38 bits per heavy atom. The van der Waals surface area contributed by atoms with Gasteiger partial charge in [0.15, 0.2) is 17.3 Å². The quantitative estimate of drug-likeness (QED) is 0.306. The Labute approximate surface area is 243 Å². The Morgan fingerprint density at radius 3 is 1.95 bits per heavy atom. The molecule has 0 aromatic heterocycles. The highest BCUT2D eigenvalue weighted by molar-refractivity contribution is 6.04. The summed E-state index contributed by atoms with van der Waals surface area (Å²) in [5.41, 5.74) is 8.50. The number of primary amides is 1. The Kier molecular flexibility index (Phi) is 8.02. The molecule has 2 N–H and O–H groups in total. The summed E-state index contributed by atoms with van der Waals surface area (Å²) in [5, 5.41) is 9.30. The van der Waals surface area contributed by atoms with Gasteiger partial charge in [-0.05, 0) is 47.5 Å². The monoisotopic (exact) mass is 559 g/mol. The minimum absolute atomic E-state index is 0.289. The van der Waals surface area contributed by atoms with E-state index in [1.165, 1.54) is 19.1 Å². The standard InChI is InChI=1S/C34H29N3O5/c1-41-26-18-17-25(19-27(26)42-2)28-29(32(38)23-15-13-21(20-35)14-16-23)30(22-9-5-3-6-10-22)37(31(28)33(36)39)34(40)24-11-7-4-8-12-24/h3-19,28-31H,1-2H3,(H2,36,39). The van der Waals surface area contributed by atoms with Gasteiger partial charge in [0.1, 0.15) is 6.04 Å². The molecule has 4 atom stereocenters. The van der Waals surface area contributed by atoms with Crippen molar-refractivity contribution in [1.82, 2.24) is 4.90 Å². The van der Waals surface area contributed by atoms with Gasteiger partial charge in [-0.2, -0.15) is 5.26 Å². The molecule has 4 unspecified atom stereocenters. The molecule has 210 valence electrons. The van der Waals surface area contributed by atoms with E-state index in [9.17, 15) is 19.6 Å². The van der Waals surface area contributed by atoms with Crippen LogP contribution in [0.2, 0.25) is 0 Å². The topological polar surface area (TPSA) is 123 Å². The fourth-order valence-electron chi connectivity index (χ4n) is 5.88. The van der Waals surface area contributed by atoms with E-state index in [1.807, 2.05) is 30.3 Å².